The molecule has 1 aromatic rings. The molecular weight excluding hydrogens is 161 g/mol. The Hall–Kier alpha value is -1.42. The number of hydrogen-bond acceptors (Lipinski definition) is 2. The van der Waals surface area contributed by atoms with Gasteiger partial charge in [0.2, 0.25) is 0 Å². The summed E-state index contributed by atoms with van der Waals surface area (Å²) in [5.41, 5.74) is 1.61. The Balaban J connectivity index is 2.88. The fourth-order valence-electron chi connectivity index (χ4n) is 0.898. The third-order valence-corrected chi connectivity index (χ3v) is 1.49. The lowest BCUT2D eigenvalue weighted by atomic mass is 10.1. The van der Waals surface area contributed by atoms with Gasteiger partial charge in [-0.05, 0) is 5.56 Å². The maximum atomic E-state index is 12.0. The van der Waals surface area contributed by atoms with Crippen LogP contribution in [0.5, 0.6) is 0 Å². The van der Waals surface area contributed by atoms with Gasteiger partial charge < -0.3 is 5.11 Å². The Labute approximate surface area is 68.8 Å². The van der Waals surface area contributed by atoms with Crippen LogP contribution >= 0.6 is 0 Å². The average Bonchev–Trinajstić information content (AvgIpc) is 2.07. The maximum absolute atomic E-state index is 12.0. The minimum atomic E-state index is -1.27. The van der Waals surface area contributed by atoms with Crippen molar-refractivity contribution < 1.29 is 14.4 Å². The third-order valence-electron chi connectivity index (χ3n) is 1.49. The van der Waals surface area contributed by atoms with Crippen molar-refractivity contribution in [3.05, 3.63) is 35.9 Å². The molecule has 2 N–H and O–H groups in total. The second kappa shape index (κ2) is 3.82. The second-order valence-corrected chi connectivity index (χ2v) is 2.29. The fourth-order valence-corrected chi connectivity index (χ4v) is 0.898. The van der Waals surface area contributed by atoms with Crippen molar-refractivity contribution >= 4 is 5.97 Å². The molecule has 0 aliphatic carbocycles. The predicted octanol–water partition coefficient (Wildman–Crippen LogP) is 1.29. The van der Waals surface area contributed by atoms with Gasteiger partial charge in [-0.1, -0.05) is 30.3 Å². The van der Waals surface area contributed by atoms with Gasteiger partial charge in [0.1, 0.15) is 0 Å². The summed E-state index contributed by atoms with van der Waals surface area (Å²) >= 11 is 0. The Morgan fingerprint density at radius 1 is 1.42 bits per heavy atom. The zero-order valence-electron chi connectivity index (χ0n) is 6.20. The van der Waals surface area contributed by atoms with Crippen LogP contribution in [-0.2, 0) is 4.79 Å². The van der Waals surface area contributed by atoms with Gasteiger partial charge in [0, 0.05) is 0 Å². The highest BCUT2D eigenvalue weighted by Crippen LogP contribution is 2.11. The lowest BCUT2D eigenvalue weighted by molar-refractivity contribution is -0.141. The molecule has 64 valence electrons. The molecule has 0 radical (unpaired) electrons. The molecule has 0 amide bonds. The standard InChI is InChI=1S/C8H8FNO2/c9-10-7(8(11)12)6-4-2-1-3-5-6/h1-5,7,10H,(H,11,12)/t7-/m0/s1. The number of nitrogens with one attached hydrogen (secondary N) is 1. The molecule has 3 nitrogen and oxygen atoms in total. The van der Waals surface area contributed by atoms with E-state index < -0.39 is 12.0 Å². The highest BCUT2D eigenvalue weighted by molar-refractivity contribution is 5.75. The number of halogens is 1. The number of carboxylic acids is 1. The van der Waals surface area contributed by atoms with Crippen LogP contribution < -0.4 is 5.54 Å². The molecular formula is C8H8FNO2. The van der Waals surface area contributed by atoms with E-state index >= 15 is 0 Å². The van der Waals surface area contributed by atoms with Crippen LogP contribution in [0.25, 0.3) is 0 Å². The molecule has 1 aromatic carbocycles. The van der Waals surface area contributed by atoms with E-state index in [-0.39, 0.29) is 0 Å². The summed E-state index contributed by atoms with van der Waals surface area (Å²) in [5.74, 6) is -1.23. The minimum absolute atomic E-state index is 0.396. The van der Waals surface area contributed by atoms with E-state index in [1.807, 2.05) is 0 Å². The largest absolute Gasteiger partial charge is 0.480 e. The highest BCUT2D eigenvalue weighted by Gasteiger charge is 2.18. The summed E-state index contributed by atoms with van der Waals surface area (Å²) in [6.45, 7) is 0. The SMILES string of the molecule is O=C(O)[C@@H](NF)c1ccccc1. The van der Waals surface area contributed by atoms with Gasteiger partial charge in [0.15, 0.2) is 6.04 Å². The molecule has 0 aromatic heterocycles. The molecule has 0 bridgehead atoms. The molecule has 1 atom stereocenters. The summed E-state index contributed by atoms with van der Waals surface area (Å²) in [5, 5.41) is 8.52. The highest BCUT2D eigenvalue weighted by atomic mass is 19.2. The summed E-state index contributed by atoms with van der Waals surface area (Å²) in [6, 6.07) is 6.87. The van der Waals surface area contributed by atoms with E-state index in [4.69, 9.17) is 5.11 Å². The molecule has 0 saturated heterocycles. The van der Waals surface area contributed by atoms with Crippen molar-refractivity contribution in [2.45, 2.75) is 6.04 Å². The predicted molar refractivity (Wildman–Crippen MR) is 41.1 cm³/mol. The zero-order chi connectivity index (χ0) is 8.97. The molecule has 0 aliphatic rings. The molecule has 0 heterocycles. The monoisotopic (exact) mass is 169 g/mol. The zero-order valence-corrected chi connectivity index (χ0v) is 6.20. The summed E-state index contributed by atoms with van der Waals surface area (Å²) in [4.78, 5) is 10.4. The Morgan fingerprint density at radius 3 is 2.42 bits per heavy atom. The van der Waals surface area contributed by atoms with E-state index in [9.17, 15) is 9.28 Å². The van der Waals surface area contributed by atoms with Crippen LogP contribution in [0.1, 0.15) is 11.6 Å². The van der Waals surface area contributed by atoms with Crippen LogP contribution in [0.2, 0.25) is 0 Å². The van der Waals surface area contributed by atoms with Gasteiger partial charge in [0.05, 0.1) is 0 Å². The van der Waals surface area contributed by atoms with Crippen molar-refractivity contribution in [2.24, 2.45) is 0 Å². The van der Waals surface area contributed by atoms with Gasteiger partial charge in [0.25, 0.3) is 0 Å². The first-order valence-electron chi connectivity index (χ1n) is 3.39. The number of rotatable bonds is 3. The topological polar surface area (TPSA) is 49.3 Å². The first kappa shape index (κ1) is 8.67. The van der Waals surface area contributed by atoms with Crippen LogP contribution in [0, 0.1) is 0 Å². The normalized spacial score (nSPS) is 12.4. The van der Waals surface area contributed by atoms with E-state index in [1.54, 1.807) is 30.3 Å². The molecule has 0 spiro atoms. The maximum Gasteiger partial charge on any atom is 0.327 e. The first-order chi connectivity index (χ1) is 5.75. The van der Waals surface area contributed by atoms with Gasteiger partial charge >= 0.3 is 5.97 Å². The molecule has 0 unspecified atom stereocenters. The molecule has 0 saturated carbocycles. The fraction of sp³-hybridized carbons (Fsp3) is 0.125. The molecule has 4 heteroatoms. The summed E-state index contributed by atoms with van der Waals surface area (Å²) < 4.78 is 12.0. The number of aliphatic carboxylic acids is 1. The van der Waals surface area contributed by atoms with Crippen molar-refractivity contribution in [3.63, 3.8) is 0 Å². The second-order valence-electron chi connectivity index (χ2n) is 2.29. The Bertz CT molecular complexity index is 263. The van der Waals surface area contributed by atoms with Crippen molar-refractivity contribution in [1.29, 1.82) is 0 Å². The Morgan fingerprint density at radius 2 is 2.00 bits per heavy atom. The lowest BCUT2D eigenvalue weighted by Gasteiger charge is -2.07. The van der Waals surface area contributed by atoms with Gasteiger partial charge in [-0.3, -0.25) is 4.79 Å². The summed E-state index contributed by atoms with van der Waals surface area (Å²) in [7, 11) is 0. The van der Waals surface area contributed by atoms with Gasteiger partial charge in [-0.15, -0.1) is 10.0 Å². The van der Waals surface area contributed by atoms with E-state index in [0.29, 0.717) is 5.56 Å². The first-order valence-corrected chi connectivity index (χ1v) is 3.39. The van der Waals surface area contributed by atoms with E-state index in [0.717, 1.165) is 0 Å². The molecule has 12 heavy (non-hydrogen) atoms. The van der Waals surface area contributed by atoms with Crippen LogP contribution in [0.3, 0.4) is 0 Å². The van der Waals surface area contributed by atoms with Crippen molar-refractivity contribution in [2.75, 3.05) is 0 Å². The van der Waals surface area contributed by atoms with Crippen LogP contribution in [-0.4, -0.2) is 11.1 Å². The van der Waals surface area contributed by atoms with Crippen molar-refractivity contribution in [1.82, 2.24) is 5.54 Å². The average molecular weight is 169 g/mol. The molecule has 0 fully saturated rings. The number of benzene rings is 1. The smallest absolute Gasteiger partial charge is 0.327 e. The van der Waals surface area contributed by atoms with Crippen LogP contribution in [0.15, 0.2) is 30.3 Å². The number of carbonyl (C=O) groups is 1. The van der Waals surface area contributed by atoms with Gasteiger partial charge in [-0.2, -0.15) is 0 Å². The number of carboxylic acid groups (broad SMARTS) is 1. The van der Waals surface area contributed by atoms with Crippen molar-refractivity contribution in [3.8, 4) is 0 Å². The lowest BCUT2D eigenvalue weighted by Crippen LogP contribution is -2.21. The van der Waals surface area contributed by atoms with E-state index in [2.05, 4.69) is 0 Å². The molecule has 1 rings (SSSR count). The Kier molecular flexibility index (Phi) is 2.76. The molecule has 0 aliphatic heterocycles. The van der Waals surface area contributed by atoms with Crippen LogP contribution in [0.4, 0.5) is 4.48 Å². The van der Waals surface area contributed by atoms with E-state index in [1.165, 1.54) is 5.54 Å². The number of hydrogen-bond donors (Lipinski definition) is 2. The minimum Gasteiger partial charge on any atom is -0.480 e. The summed E-state index contributed by atoms with van der Waals surface area (Å²) in [6.07, 6.45) is 0. The third kappa shape index (κ3) is 1.79. The van der Waals surface area contributed by atoms with Gasteiger partial charge in [-0.25, -0.2) is 0 Å². The quantitative estimate of drug-likeness (QED) is 0.670.